The first kappa shape index (κ1) is 25.5. The molecular weight excluding hydrogens is 480 g/mol. The Morgan fingerprint density at radius 3 is 2.30 bits per heavy atom. The van der Waals surface area contributed by atoms with E-state index in [-0.39, 0.29) is 0 Å². The second-order valence-corrected chi connectivity index (χ2v) is 11.0. The van der Waals surface area contributed by atoms with Gasteiger partial charge in [-0.2, -0.15) is 9.97 Å². The van der Waals surface area contributed by atoms with E-state index in [0.717, 1.165) is 54.9 Å². The minimum absolute atomic E-state index is 0.483. The maximum atomic E-state index is 6.00. The highest BCUT2D eigenvalue weighted by Gasteiger charge is 2.25. The van der Waals surface area contributed by atoms with Gasteiger partial charge in [0.2, 0.25) is 5.95 Å². The lowest BCUT2D eigenvalue weighted by atomic mass is 9.92. The van der Waals surface area contributed by atoms with Crippen LogP contribution in [0.25, 0.3) is 11.3 Å². The largest absolute Gasteiger partial charge is 0.459 e. The van der Waals surface area contributed by atoms with E-state index in [9.17, 15) is 0 Å². The second-order valence-electron chi connectivity index (χ2n) is 10.6. The molecule has 0 aliphatic carbocycles. The number of anilines is 3. The van der Waals surface area contributed by atoms with Crippen molar-refractivity contribution >= 4 is 34.9 Å². The van der Waals surface area contributed by atoms with Crippen LogP contribution in [0.1, 0.15) is 51.7 Å². The normalized spacial score (nSPS) is 20.4. The van der Waals surface area contributed by atoms with Gasteiger partial charge in [-0.1, -0.05) is 57.0 Å². The molecule has 196 valence electrons. The molecular formula is C29H38N6OS. The summed E-state index contributed by atoms with van der Waals surface area (Å²) in [4.78, 5) is 14.6. The zero-order chi connectivity index (χ0) is 25.6. The number of aromatic nitrogens is 2. The van der Waals surface area contributed by atoms with Gasteiger partial charge in [0.15, 0.2) is 5.11 Å². The van der Waals surface area contributed by atoms with E-state index >= 15 is 0 Å². The predicted molar refractivity (Wildman–Crippen MR) is 155 cm³/mol. The van der Waals surface area contributed by atoms with Crippen LogP contribution in [-0.2, 0) is 6.54 Å². The number of nitrogens with zero attached hydrogens (tertiary/aromatic N) is 4. The molecule has 0 saturated carbocycles. The molecule has 4 heterocycles. The summed E-state index contributed by atoms with van der Waals surface area (Å²) in [5, 5.41) is 6.99. The number of piperidine rings is 1. The third-order valence-electron chi connectivity index (χ3n) is 7.19. The third-order valence-corrected chi connectivity index (χ3v) is 7.44. The monoisotopic (exact) mass is 518 g/mol. The standard InChI is InChI=1S/C29H38N6OS/c1-21-16-22(2)20-35(19-21)27-17-26(34-14-8-3-4-9-15-34)31-28(32-27)33-29(37)30-18-24-12-13-25(36-24)23-10-6-5-7-11-23/h5-7,10-13,17,21-22H,3-4,8-9,14-16,18-20H2,1-2H3,(H2,30,31,32,33,37)/t21-,22-/m0/s1. The van der Waals surface area contributed by atoms with Crippen LogP contribution in [0, 0.1) is 11.8 Å². The summed E-state index contributed by atoms with van der Waals surface area (Å²) in [7, 11) is 0. The van der Waals surface area contributed by atoms with Gasteiger partial charge in [-0.15, -0.1) is 0 Å². The highest BCUT2D eigenvalue weighted by molar-refractivity contribution is 7.80. The van der Waals surface area contributed by atoms with Crippen molar-refractivity contribution < 1.29 is 4.42 Å². The fourth-order valence-corrected chi connectivity index (χ4v) is 5.66. The molecule has 37 heavy (non-hydrogen) atoms. The molecule has 2 saturated heterocycles. The van der Waals surface area contributed by atoms with Crippen molar-refractivity contribution in [2.45, 2.75) is 52.5 Å². The summed E-state index contributed by atoms with van der Waals surface area (Å²) in [5.41, 5.74) is 1.06. The van der Waals surface area contributed by atoms with Gasteiger partial charge in [-0.05, 0) is 55.4 Å². The van der Waals surface area contributed by atoms with Gasteiger partial charge in [-0.3, -0.25) is 0 Å². The Kier molecular flexibility index (Phi) is 8.24. The molecule has 0 unspecified atom stereocenters. The van der Waals surface area contributed by atoms with Gasteiger partial charge in [0.1, 0.15) is 23.2 Å². The molecule has 2 N–H and O–H groups in total. The maximum absolute atomic E-state index is 6.00. The number of thiocarbonyl (C=S) groups is 1. The van der Waals surface area contributed by atoms with Crippen molar-refractivity contribution in [1.29, 1.82) is 0 Å². The van der Waals surface area contributed by atoms with Crippen molar-refractivity contribution in [1.82, 2.24) is 15.3 Å². The summed E-state index contributed by atoms with van der Waals surface area (Å²) in [5.74, 6) is 5.48. The Morgan fingerprint density at radius 2 is 1.59 bits per heavy atom. The van der Waals surface area contributed by atoms with Crippen LogP contribution in [0.4, 0.5) is 17.6 Å². The molecule has 8 heteroatoms. The van der Waals surface area contributed by atoms with Crippen molar-refractivity contribution in [3.63, 3.8) is 0 Å². The van der Waals surface area contributed by atoms with Gasteiger partial charge in [-0.25, -0.2) is 0 Å². The Morgan fingerprint density at radius 1 is 0.919 bits per heavy atom. The average Bonchev–Trinajstić information content (AvgIpc) is 3.20. The SMILES string of the molecule is C[C@H]1C[C@H](C)CN(c2cc(N3CCCCCC3)nc(NC(=S)NCc3ccc(-c4ccccc4)o3)n2)C1. The lowest BCUT2D eigenvalue weighted by molar-refractivity contribution is 0.355. The van der Waals surface area contributed by atoms with E-state index in [2.05, 4.69) is 40.3 Å². The van der Waals surface area contributed by atoms with Crippen LogP contribution in [0.3, 0.4) is 0 Å². The Hall–Kier alpha value is -3.13. The molecule has 0 amide bonds. The molecule has 2 aliphatic heterocycles. The summed E-state index contributed by atoms with van der Waals surface area (Å²) in [6.07, 6.45) is 6.24. The summed E-state index contributed by atoms with van der Waals surface area (Å²) >= 11 is 5.62. The molecule has 3 aromatic rings. The lowest BCUT2D eigenvalue weighted by Crippen LogP contribution is -2.39. The molecule has 0 bridgehead atoms. The lowest BCUT2D eigenvalue weighted by Gasteiger charge is -2.36. The second kappa shape index (κ2) is 11.9. The number of hydrogen-bond donors (Lipinski definition) is 2. The zero-order valence-corrected chi connectivity index (χ0v) is 22.8. The minimum atomic E-state index is 0.483. The van der Waals surface area contributed by atoms with E-state index in [1.807, 2.05) is 42.5 Å². The van der Waals surface area contributed by atoms with Crippen LogP contribution < -0.4 is 20.4 Å². The topological polar surface area (TPSA) is 69.5 Å². The molecule has 2 atom stereocenters. The number of hydrogen-bond acceptors (Lipinski definition) is 6. The molecule has 5 rings (SSSR count). The van der Waals surface area contributed by atoms with E-state index in [1.54, 1.807) is 0 Å². The quantitative estimate of drug-likeness (QED) is 0.380. The van der Waals surface area contributed by atoms with E-state index in [4.69, 9.17) is 26.6 Å². The van der Waals surface area contributed by atoms with Crippen LogP contribution in [0.5, 0.6) is 0 Å². The third kappa shape index (κ3) is 6.80. The van der Waals surface area contributed by atoms with E-state index < -0.39 is 0 Å². The predicted octanol–water partition coefficient (Wildman–Crippen LogP) is 6.09. The number of nitrogens with one attached hydrogen (secondary N) is 2. The Labute approximate surface area is 225 Å². The summed E-state index contributed by atoms with van der Waals surface area (Å²) in [6.45, 7) is 9.25. The molecule has 0 radical (unpaired) electrons. The van der Waals surface area contributed by atoms with Crippen LogP contribution in [0.15, 0.2) is 52.9 Å². The maximum Gasteiger partial charge on any atom is 0.232 e. The molecule has 2 aliphatic rings. The number of rotatable bonds is 6. The zero-order valence-electron chi connectivity index (χ0n) is 21.9. The smallest absolute Gasteiger partial charge is 0.232 e. The van der Waals surface area contributed by atoms with Crippen molar-refractivity contribution in [2.24, 2.45) is 11.8 Å². The summed E-state index contributed by atoms with van der Waals surface area (Å²) in [6, 6.07) is 16.2. The highest BCUT2D eigenvalue weighted by Crippen LogP contribution is 2.29. The van der Waals surface area contributed by atoms with Crippen molar-refractivity contribution in [3.8, 4) is 11.3 Å². The van der Waals surface area contributed by atoms with Crippen LogP contribution in [-0.4, -0.2) is 41.3 Å². The molecule has 2 aromatic heterocycles. The Bertz CT molecular complexity index is 1160. The number of furan rings is 1. The average molecular weight is 519 g/mol. The molecule has 2 fully saturated rings. The first-order valence-electron chi connectivity index (χ1n) is 13.6. The van der Waals surface area contributed by atoms with Gasteiger partial charge < -0.3 is 24.9 Å². The van der Waals surface area contributed by atoms with Crippen molar-refractivity contribution in [2.75, 3.05) is 41.3 Å². The first-order valence-corrected chi connectivity index (χ1v) is 14.0. The fourth-order valence-electron chi connectivity index (χ4n) is 5.50. The van der Waals surface area contributed by atoms with Crippen LogP contribution >= 0.6 is 12.2 Å². The fraction of sp³-hybridized carbons (Fsp3) is 0.483. The summed E-state index contributed by atoms with van der Waals surface area (Å²) < 4.78 is 6.00. The highest BCUT2D eigenvalue weighted by atomic mass is 32.1. The van der Waals surface area contributed by atoms with Gasteiger partial charge in [0.05, 0.1) is 6.54 Å². The molecule has 7 nitrogen and oxygen atoms in total. The van der Waals surface area contributed by atoms with E-state index in [1.165, 1.54) is 32.1 Å². The van der Waals surface area contributed by atoms with Gasteiger partial charge in [0.25, 0.3) is 0 Å². The molecule has 0 spiro atoms. The van der Waals surface area contributed by atoms with Gasteiger partial charge in [0, 0.05) is 37.8 Å². The molecule has 1 aromatic carbocycles. The van der Waals surface area contributed by atoms with E-state index in [0.29, 0.717) is 29.4 Å². The van der Waals surface area contributed by atoms with Crippen molar-refractivity contribution in [3.05, 3.63) is 54.3 Å². The Balaban J connectivity index is 1.29. The minimum Gasteiger partial charge on any atom is -0.459 e. The van der Waals surface area contributed by atoms with Crippen LogP contribution in [0.2, 0.25) is 0 Å². The van der Waals surface area contributed by atoms with Gasteiger partial charge >= 0.3 is 0 Å². The first-order chi connectivity index (χ1) is 18.0. The number of benzene rings is 1.